The second kappa shape index (κ2) is 6.31. The third-order valence-corrected chi connectivity index (χ3v) is 3.51. The topological polar surface area (TPSA) is 95.4 Å². The number of amides is 2. The fourth-order valence-electron chi connectivity index (χ4n) is 2.48. The molecule has 2 rings (SSSR count). The first-order chi connectivity index (χ1) is 9.59. The Labute approximate surface area is 117 Å². The van der Waals surface area contributed by atoms with Gasteiger partial charge in [-0.1, -0.05) is 6.92 Å². The Balaban J connectivity index is 1.98. The Morgan fingerprint density at radius 2 is 2.35 bits per heavy atom. The van der Waals surface area contributed by atoms with Crippen LogP contribution < -0.4 is 5.32 Å². The van der Waals surface area contributed by atoms with Crippen molar-refractivity contribution in [3.63, 3.8) is 0 Å². The average Bonchev–Trinajstić information content (AvgIpc) is 2.45. The number of carbonyl (C=O) groups excluding carboxylic acids is 1. The lowest BCUT2D eigenvalue weighted by molar-refractivity contribution is -0.145. The number of aromatic nitrogens is 2. The zero-order valence-electron chi connectivity index (χ0n) is 11.3. The van der Waals surface area contributed by atoms with Gasteiger partial charge in [-0.25, -0.2) is 19.6 Å². The highest BCUT2D eigenvalue weighted by molar-refractivity contribution is 5.83. The molecule has 1 aromatic rings. The molecule has 0 saturated carbocycles. The fourth-order valence-corrected chi connectivity index (χ4v) is 2.48. The van der Waals surface area contributed by atoms with Gasteiger partial charge in [0.2, 0.25) is 0 Å². The molecule has 0 spiro atoms. The van der Waals surface area contributed by atoms with E-state index in [-0.39, 0.29) is 18.5 Å². The third-order valence-electron chi connectivity index (χ3n) is 3.51. The summed E-state index contributed by atoms with van der Waals surface area (Å²) in [6.07, 6.45) is 4.65. The van der Waals surface area contributed by atoms with E-state index in [0.717, 1.165) is 12.8 Å². The van der Waals surface area contributed by atoms with Crippen LogP contribution in [0.2, 0.25) is 0 Å². The summed E-state index contributed by atoms with van der Waals surface area (Å²) < 4.78 is 0. The molecule has 1 aliphatic rings. The molecule has 0 radical (unpaired) electrons. The summed E-state index contributed by atoms with van der Waals surface area (Å²) in [5.41, 5.74) is 0.685. The van der Waals surface area contributed by atoms with Crippen LogP contribution >= 0.6 is 0 Å². The van der Waals surface area contributed by atoms with E-state index < -0.39 is 12.0 Å². The first-order valence-corrected chi connectivity index (χ1v) is 6.61. The van der Waals surface area contributed by atoms with Crippen molar-refractivity contribution in [1.29, 1.82) is 0 Å². The van der Waals surface area contributed by atoms with Gasteiger partial charge in [0.05, 0.1) is 12.2 Å². The number of piperidine rings is 1. The summed E-state index contributed by atoms with van der Waals surface area (Å²) in [5.74, 6) is -0.986. The lowest BCUT2D eigenvalue weighted by Gasteiger charge is -2.37. The molecule has 2 amide bonds. The third kappa shape index (κ3) is 3.23. The Morgan fingerprint density at radius 1 is 1.55 bits per heavy atom. The maximum atomic E-state index is 12.1. The predicted molar refractivity (Wildman–Crippen MR) is 70.8 cm³/mol. The molecule has 0 aromatic carbocycles. The molecule has 1 aromatic heterocycles. The number of nitrogens with one attached hydrogen (secondary N) is 1. The fraction of sp³-hybridized carbons (Fsp3) is 0.538. The smallest absolute Gasteiger partial charge is 0.326 e. The number of carboxylic acids is 1. The first-order valence-electron chi connectivity index (χ1n) is 6.61. The quantitative estimate of drug-likeness (QED) is 0.855. The Bertz CT molecular complexity index is 480. The zero-order chi connectivity index (χ0) is 14.5. The molecule has 0 aliphatic carbocycles. The van der Waals surface area contributed by atoms with Crippen LogP contribution in [0, 0.1) is 5.92 Å². The zero-order valence-corrected chi connectivity index (χ0v) is 11.3. The van der Waals surface area contributed by atoms with Crippen LogP contribution in [0.5, 0.6) is 0 Å². The molecule has 7 nitrogen and oxygen atoms in total. The molecule has 108 valence electrons. The van der Waals surface area contributed by atoms with Gasteiger partial charge in [-0.15, -0.1) is 0 Å². The molecular weight excluding hydrogens is 260 g/mol. The van der Waals surface area contributed by atoms with E-state index in [1.54, 1.807) is 12.3 Å². The van der Waals surface area contributed by atoms with Crippen molar-refractivity contribution in [3.8, 4) is 0 Å². The molecule has 2 atom stereocenters. The van der Waals surface area contributed by atoms with Crippen molar-refractivity contribution in [2.24, 2.45) is 5.92 Å². The number of hydrogen-bond donors (Lipinski definition) is 2. The minimum absolute atomic E-state index is 0.0361. The van der Waals surface area contributed by atoms with Crippen molar-refractivity contribution < 1.29 is 14.7 Å². The van der Waals surface area contributed by atoms with E-state index >= 15 is 0 Å². The lowest BCUT2D eigenvalue weighted by atomic mass is 9.91. The highest BCUT2D eigenvalue weighted by atomic mass is 16.4. The average molecular weight is 278 g/mol. The van der Waals surface area contributed by atoms with Crippen molar-refractivity contribution >= 4 is 12.0 Å². The number of hydrogen-bond acceptors (Lipinski definition) is 4. The van der Waals surface area contributed by atoms with Crippen molar-refractivity contribution in [2.75, 3.05) is 6.54 Å². The van der Waals surface area contributed by atoms with Crippen LogP contribution in [0.3, 0.4) is 0 Å². The standard InChI is InChI=1S/C13H18N4O3/c1-9-3-2-6-17(11(9)12(18)19)13(20)15-7-10-4-5-14-8-16-10/h4-5,8-9,11H,2-3,6-7H2,1H3,(H,15,20)(H,18,19). The predicted octanol–water partition coefficient (Wildman–Crippen LogP) is 0.871. The number of rotatable bonds is 3. The SMILES string of the molecule is CC1CCCN(C(=O)NCc2ccncn2)C1C(=O)O. The minimum Gasteiger partial charge on any atom is -0.480 e. The number of aliphatic carboxylic acids is 1. The molecular formula is C13H18N4O3. The Morgan fingerprint density at radius 3 is 3.00 bits per heavy atom. The number of likely N-dealkylation sites (tertiary alicyclic amines) is 1. The summed E-state index contributed by atoms with van der Waals surface area (Å²) in [6, 6.07) is 0.588. The summed E-state index contributed by atoms with van der Waals surface area (Å²) in [4.78, 5) is 32.7. The molecule has 20 heavy (non-hydrogen) atoms. The largest absolute Gasteiger partial charge is 0.480 e. The van der Waals surface area contributed by atoms with Crippen molar-refractivity contribution in [1.82, 2.24) is 20.2 Å². The van der Waals surface area contributed by atoms with Gasteiger partial charge in [-0.2, -0.15) is 0 Å². The second-order valence-electron chi connectivity index (χ2n) is 4.96. The van der Waals surface area contributed by atoms with Gasteiger partial charge in [-0.3, -0.25) is 0 Å². The Hall–Kier alpha value is -2.18. The number of urea groups is 1. The van der Waals surface area contributed by atoms with Crippen LogP contribution in [-0.4, -0.2) is 44.6 Å². The van der Waals surface area contributed by atoms with E-state index in [2.05, 4.69) is 15.3 Å². The second-order valence-corrected chi connectivity index (χ2v) is 4.96. The van der Waals surface area contributed by atoms with Gasteiger partial charge >= 0.3 is 12.0 Å². The maximum Gasteiger partial charge on any atom is 0.326 e. The molecule has 1 saturated heterocycles. The summed E-state index contributed by atoms with van der Waals surface area (Å²) in [6.45, 7) is 2.60. The first kappa shape index (κ1) is 14.2. The van der Waals surface area contributed by atoms with Gasteiger partial charge in [0.15, 0.2) is 0 Å². The van der Waals surface area contributed by atoms with Crippen LogP contribution in [0.1, 0.15) is 25.5 Å². The van der Waals surface area contributed by atoms with Crippen LogP contribution in [0.25, 0.3) is 0 Å². The van der Waals surface area contributed by atoms with Gasteiger partial charge in [-0.05, 0) is 24.8 Å². The highest BCUT2D eigenvalue weighted by Gasteiger charge is 2.36. The number of carboxylic acid groups (broad SMARTS) is 1. The van der Waals surface area contributed by atoms with Crippen LogP contribution in [-0.2, 0) is 11.3 Å². The van der Waals surface area contributed by atoms with Gasteiger partial charge < -0.3 is 15.3 Å². The lowest BCUT2D eigenvalue weighted by Crippen LogP contribution is -2.54. The van der Waals surface area contributed by atoms with Gasteiger partial charge in [0.1, 0.15) is 12.4 Å². The molecule has 2 N–H and O–H groups in total. The molecule has 1 fully saturated rings. The molecule has 1 aliphatic heterocycles. The molecule has 2 unspecified atom stereocenters. The van der Waals surface area contributed by atoms with E-state index in [9.17, 15) is 14.7 Å². The van der Waals surface area contributed by atoms with Crippen LogP contribution in [0.15, 0.2) is 18.6 Å². The van der Waals surface area contributed by atoms with E-state index in [1.807, 2.05) is 6.92 Å². The summed E-state index contributed by atoms with van der Waals surface area (Å²) in [7, 11) is 0. The highest BCUT2D eigenvalue weighted by Crippen LogP contribution is 2.23. The number of nitrogens with zero attached hydrogens (tertiary/aromatic N) is 3. The monoisotopic (exact) mass is 278 g/mol. The summed E-state index contributed by atoms with van der Waals surface area (Å²) >= 11 is 0. The van der Waals surface area contributed by atoms with Gasteiger partial charge in [0.25, 0.3) is 0 Å². The normalized spacial score (nSPS) is 22.4. The van der Waals surface area contributed by atoms with Crippen LogP contribution in [0.4, 0.5) is 4.79 Å². The number of carbonyl (C=O) groups is 2. The minimum atomic E-state index is -0.950. The van der Waals surface area contributed by atoms with E-state index in [1.165, 1.54) is 11.2 Å². The Kier molecular flexibility index (Phi) is 4.49. The van der Waals surface area contributed by atoms with Gasteiger partial charge in [0, 0.05) is 12.7 Å². The molecule has 2 heterocycles. The van der Waals surface area contributed by atoms with E-state index in [0.29, 0.717) is 12.2 Å². The molecule has 7 heteroatoms. The summed E-state index contributed by atoms with van der Waals surface area (Å²) in [5, 5.41) is 12.0. The van der Waals surface area contributed by atoms with E-state index in [4.69, 9.17) is 0 Å². The van der Waals surface area contributed by atoms with Crippen molar-refractivity contribution in [3.05, 3.63) is 24.3 Å². The molecule has 0 bridgehead atoms. The maximum absolute atomic E-state index is 12.1. The van der Waals surface area contributed by atoms with Crippen molar-refractivity contribution in [2.45, 2.75) is 32.4 Å².